The van der Waals surface area contributed by atoms with E-state index in [1.165, 1.54) is 6.33 Å². The first-order valence-electron chi connectivity index (χ1n) is 10.1. The number of carbonyl (C=O) groups is 1. The molecule has 2 unspecified atom stereocenters. The summed E-state index contributed by atoms with van der Waals surface area (Å²) in [6.45, 7) is 5.62. The lowest BCUT2D eigenvalue weighted by molar-refractivity contribution is 0.0641. The third kappa shape index (κ3) is 4.16. The normalized spacial score (nSPS) is 22.5. The van der Waals surface area contributed by atoms with Gasteiger partial charge in [-0.2, -0.15) is 0 Å². The predicted octanol–water partition coefficient (Wildman–Crippen LogP) is 5.00. The van der Waals surface area contributed by atoms with Crippen molar-refractivity contribution >= 4 is 41.8 Å². The summed E-state index contributed by atoms with van der Waals surface area (Å²) < 4.78 is 11.7. The highest BCUT2D eigenvalue weighted by atomic mass is 35.5. The quantitative estimate of drug-likeness (QED) is 0.627. The number of benzene rings is 1. The van der Waals surface area contributed by atoms with Crippen molar-refractivity contribution in [3.63, 3.8) is 0 Å². The molecular formula is C21H25ClN4O3S. The van der Waals surface area contributed by atoms with Crippen molar-refractivity contribution < 1.29 is 14.3 Å². The van der Waals surface area contributed by atoms with Gasteiger partial charge in [0, 0.05) is 17.4 Å². The van der Waals surface area contributed by atoms with Crippen molar-refractivity contribution in [1.82, 2.24) is 14.9 Å². The molecule has 0 spiro atoms. The van der Waals surface area contributed by atoms with Crippen LogP contribution in [-0.4, -0.2) is 45.3 Å². The number of carbonyl (C=O) groups excluding carboxylic acids is 1. The Labute approximate surface area is 186 Å². The molecule has 2 saturated heterocycles. The van der Waals surface area contributed by atoms with E-state index in [0.29, 0.717) is 16.7 Å². The summed E-state index contributed by atoms with van der Waals surface area (Å²) in [5.41, 5.74) is 1.51. The van der Waals surface area contributed by atoms with Crippen LogP contribution in [0.15, 0.2) is 29.4 Å². The van der Waals surface area contributed by atoms with Gasteiger partial charge in [0.1, 0.15) is 18.2 Å². The summed E-state index contributed by atoms with van der Waals surface area (Å²) in [6.07, 6.45) is 3.61. The number of ether oxygens (including phenoxy) is 2. The van der Waals surface area contributed by atoms with Crippen molar-refractivity contribution in [2.24, 2.45) is 0 Å². The number of fused-ring (bicyclic) bond motifs is 2. The van der Waals surface area contributed by atoms with E-state index in [1.54, 1.807) is 6.07 Å². The number of thiol groups is 1. The van der Waals surface area contributed by atoms with Crippen LogP contribution in [0.5, 0.6) is 5.88 Å². The van der Waals surface area contributed by atoms with E-state index < -0.39 is 0 Å². The van der Waals surface area contributed by atoms with Crippen LogP contribution in [0, 0.1) is 6.92 Å². The number of nitrogens with one attached hydrogen (secondary N) is 1. The highest BCUT2D eigenvalue weighted by Gasteiger charge is 2.51. The zero-order chi connectivity index (χ0) is 21.4. The highest BCUT2D eigenvalue weighted by molar-refractivity contribution is 7.80. The Hall–Kier alpha value is -2.19. The van der Waals surface area contributed by atoms with Crippen LogP contribution in [0.25, 0.3) is 0 Å². The van der Waals surface area contributed by atoms with Gasteiger partial charge in [-0.3, -0.25) is 4.90 Å². The molecule has 2 aliphatic heterocycles. The first-order valence-corrected chi connectivity index (χ1v) is 10.9. The molecule has 160 valence electrons. The average Bonchev–Trinajstić information content (AvgIpc) is 3.24. The fourth-order valence-electron chi connectivity index (χ4n) is 4.16. The second-order valence-corrected chi connectivity index (χ2v) is 8.90. The first-order chi connectivity index (χ1) is 14.3. The van der Waals surface area contributed by atoms with Crippen LogP contribution in [0.2, 0.25) is 5.02 Å². The van der Waals surface area contributed by atoms with E-state index in [4.69, 9.17) is 21.1 Å². The molecule has 3 atom stereocenters. The highest BCUT2D eigenvalue weighted by Crippen LogP contribution is 2.41. The van der Waals surface area contributed by atoms with Crippen LogP contribution in [0.4, 0.5) is 16.3 Å². The molecule has 2 aromatic rings. The largest absolute Gasteiger partial charge is 0.472 e. The van der Waals surface area contributed by atoms with Crippen molar-refractivity contribution in [2.45, 2.75) is 69.2 Å². The molecule has 1 aromatic carbocycles. The number of amides is 1. The number of rotatable bonds is 5. The zero-order valence-electron chi connectivity index (χ0n) is 17.1. The Morgan fingerprint density at radius 1 is 1.33 bits per heavy atom. The van der Waals surface area contributed by atoms with Gasteiger partial charge in [0.2, 0.25) is 5.88 Å². The lowest BCUT2D eigenvalue weighted by atomic mass is 9.98. The van der Waals surface area contributed by atoms with Gasteiger partial charge in [0.25, 0.3) is 0 Å². The predicted molar refractivity (Wildman–Crippen MR) is 118 cm³/mol. The van der Waals surface area contributed by atoms with Gasteiger partial charge in [-0.1, -0.05) is 11.6 Å². The Balaban J connectivity index is 1.49. The average molecular weight is 449 g/mol. The summed E-state index contributed by atoms with van der Waals surface area (Å²) >= 11 is 10.6. The van der Waals surface area contributed by atoms with Crippen molar-refractivity contribution in [1.29, 1.82) is 0 Å². The lowest BCUT2D eigenvalue weighted by Gasteiger charge is -2.25. The fourth-order valence-corrected chi connectivity index (χ4v) is 4.67. The lowest BCUT2D eigenvalue weighted by Crippen LogP contribution is -2.40. The molecule has 30 heavy (non-hydrogen) atoms. The molecule has 7 nitrogen and oxygen atoms in total. The molecule has 1 amide bonds. The first kappa shape index (κ1) is 21.1. The number of halogens is 1. The van der Waals surface area contributed by atoms with Crippen LogP contribution >= 0.6 is 24.2 Å². The monoisotopic (exact) mass is 448 g/mol. The molecule has 9 heteroatoms. The van der Waals surface area contributed by atoms with E-state index in [1.807, 2.05) is 37.8 Å². The van der Waals surface area contributed by atoms with E-state index in [-0.39, 0.29) is 30.4 Å². The Morgan fingerprint density at radius 3 is 2.87 bits per heavy atom. The van der Waals surface area contributed by atoms with Crippen LogP contribution < -0.4 is 10.1 Å². The third-order valence-corrected chi connectivity index (χ3v) is 6.12. The van der Waals surface area contributed by atoms with Gasteiger partial charge in [-0.05, 0) is 51.8 Å². The molecule has 1 N–H and O–H groups in total. The van der Waals surface area contributed by atoms with Crippen LogP contribution in [0.1, 0.15) is 38.7 Å². The number of anilines is 2. The smallest absolute Gasteiger partial charge is 0.410 e. The second kappa shape index (κ2) is 8.51. The molecule has 4 rings (SSSR count). The van der Waals surface area contributed by atoms with Gasteiger partial charge in [-0.25, -0.2) is 14.8 Å². The van der Waals surface area contributed by atoms with Gasteiger partial charge < -0.3 is 14.8 Å². The maximum absolute atomic E-state index is 12.5. The van der Waals surface area contributed by atoms with E-state index in [0.717, 1.165) is 35.4 Å². The summed E-state index contributed by atoms with van der Waals surface area (Å²) in [5, 5.41) is 3.79. The fraction of sp³-hybridized carbons (Fsp3) is 0.476. The minimum Gasteiger partial charge on any atom is -0.472 e. The Bertz CT molecular complexity index is 958. The van der Waals surface area contributed by atoms with Crippen molar-refractivity contribution in [3.8, 4) is 5.88 Å². The van der Waals surface area contributed by atoms with Crippen molar-refractivity contribution in [3.05, 3.63) is 35.1 Å². The molecule has 2 aliphatic rings. The number of hydrogen-bond acceptors (Lipinski definition) is 7. The molecule has 0 aliphatic carbocycles. The van der Waals surface area contributed by atoms with Gasteiger partial charge in [0.15, 0.2) is 0 Å². The minimum atomic E-state index is -0.257. The van der Waals surface area contributed by atoms with Gasteiger partial charge in [0.05, 0.1) is 28.4 Å². The number of hydrogen-bond donors (Lipinski definition) is 2. The minimum absolute atomic E-state index is 0.00407. The van der Waals surface area contributed by atoms with E-state index >= 15 is 0 Å². The number of nitrogens with zero attached hydrogens (tertiary/aromatic N) is 3. The number of aromatic nitrogens is 2. The topological polar surface area (TPSA) is 76.6 Å². The SMILES string of the molecule is Cc1c(Nc2ccc(S)cc2Cl)ncnc1O[C@H]1CC2CCC1N2C(=O)OC(C)C. The molecule has 1 aromatic heterocycles. The summed E-state index contributed by atoms with van der Waals surface area (Å²) in [5.74, 6) is 1.12. The molecule has 0 saturated carbocycles. The van der Waals surface area contributed by atoms with E-state index in [9.17, 15) is 4.79 Å². The molecule has 2 bridgehead atoms. The summed E-state index contributed by atoms with van der Waals surface area (Å²) in [4.78, 5) is 23.8. The van der Waals surface area contributed by atoms with Crippen LogP contribution in [0.3, 0.4) is 0 Å². The van der Waals surface area contributed by atoms with Gasteiger partial charge in [-0.15, -0.1) is 12.6 Å². The maximum Gasteiger partial charge on any atom is 0.410 e. The summed E-state index contributed by atoms with van der Waals surface area (Å²) in [6, 6.07) is 5.63. The second-order valence-electron chi connectivity index (χ2n) is 7.97. The molecular weight excluding hydrogens is 424 g/mol. The Morgan fingerprint density at radius 2 is 2.13 bits per heavy atom. The molecule has 2 fully saturated rings. The van der Waals surface area contributed by atoms with E-state index in [2.05, 4.69) is 27.9 Å². The Kier molecular flexibility index (Phi) is 5.97. The zero-order valence-corrected chi connectivity index (χ0v) is 18.8. The standard InChI is InChI=1S/C21H25ClN4O3S/c1-11(2)28-21(27)26-13-4-7-17(26)18(8-13)29-20-12(3)19(23-10-24-20)25-16-6-5-14(30)9-15(16)22/h5-6,9-11,13,17-18,30H,4,7-8H2,1-3H3,(H,23,24,25)/t13?,17?,18-/m0/s1. The van der Waals surface area contributed by atoms with Crippen molar-refractivity contribution in [2.75, 3.05) is 5.32 Å². The van der Waals surface area contributed by atoms with Crippen LogP contribution in [-0.2, 0) is 4.74 Å². The summed E-state index contributed by atoms with van der Waals surface area (Å²) in [7, 11) is 0. The molecule has 3 heterocycles. The van der Waals surface area contributed by atoms with Gasteiger partial charge >= 0.3 is 6.09 Å². The maximum atomic E-state index is 12.5. The molecule has 0 radical (unpaired) electrons. The third-order valence-electron chi connectivity index (χ3n) is 5.53.